The summed E-state index contributed by atoms with van der Waals surface area (Å²) in [4.78, 5) is 0. The zero-order chi connectivity index (χ0) is 17.4. The maximum Gasteiger partial charge on any atom is 0.175 e. The third-order valence-corrected chi connectivity index (χ3v) is 4.12. The monoisotopic (exact) mass is 409 g/mol. The molecule has 128 valence electrons. The van der Waals surface area contributed by atoms with Crippen LogP contribution in [0.15, 0.2) is 53.5 Å². The molecule has 5 heteroatoms. The molecule has 0 heterocycles. The van der Waals surface area contributed by atoms with Crippen molar-refractivity contribution in [1.82, 2.24) is 5.32 Å². The molecule has 1 N–H and O–H groups in total. The average Bonchev–Trinajstić information content (AvgIpc) is 2.56. The van der Waals surface area contributed by atoms with Crippen molar-refractivity contribution in [2.24, 2.45) is 0 Å². The van der Waals surface area contributed by atoms with Crippen molar-refractivity contribution in [2.75, 3.05) is 13.2 Å². The maximum atomic E-state index is 5.98. The summed E-state index contributed by atoms with van der Waals surface area (Å²) in [5, 5.41) is 4.00. The van der Waals surface area contributed by atoms with Gasteiger partial charge in [-0.05, 0) is 58.2 Å². The lowest BCUT2D eigenvalue weighted by molar-refractivity contribution is 0.267. The number of rotatable bonds is 9. The fourth-order valence-electron chi connectivity index (χ4n) is 2.18. The molecule has 0 amide bonds. The van der Waals surface area contributed by atoms with Crippen LogP contribution in [-0.2, 0) is 13.2 Å². The Labute approximate surface area is 156 Å². The highest BCUT2D eigenvalue weighted by Gasteiger charge is 2.12. The molecule has 24 heavy (non-hydrogen) atoms. The highest BCUT2D eigenvalue weighted by atomic mass is 79.9. The van der Waals surface area contributed by atoms with Gasteiger partial charge in [0, 0.05) is 18.1 Å². The minimum atomic E-state index is 0.448. The average molecular weight is 411 g/mol. The molecule has 0 fully saturated rings. The normalized spacial score (nSPS) is 10.5. The van der Waals surface area contributed by atoms with E-state index in [2.05, 4.69) is 27.8 Å². The van der Waals surface area contributed by atoms with Crippen molar-refractivity contribution in [3.63, 3.8) is 0 Å². The number of hydrogen-bond donors (Lipinski definition) is 1. The summed E-state index contributed by atoms with van der Waals surface area (Å²) in [5.74, 6) is 1.44. The van der Waals surface area contributed by atoms with Gasteiger partial charge < -0.3 is 14.8 Å². The molecule has 0 aliphatic heterocycles. The van der Waals surface area contributed by atoms with Crippen molar-refractivity contribution < 1.29 is 9.47 Å². The van der Waals surface area contributed by atoms with Crippen LogP contribution in [0.25, 0.3) is 0 Å². The molecule has 0 bridgehead atoms. The minimum absolute atomic E-state index is 0.448. The van der Waals surface area contributed by atoms with Crippen LogP contribution in [-0.4, -0.2) is 13.2 Å². The summed E-state index contributed by atoms with van der Waals surface area (Å²) in [6.07, 6.45) is 1.84. The van der Waals surface area contributed by atoms with E-state index in [9.17, 15) is 0 Å². The number of nitrogens with one attached hydrogen (secondary N) is 1. The van der Waals surface area contributed by atoms with Crippen LogP contribution in [0.2, 0.25) is 5.02 Å². The Morgan fingerprint density at radius 2 is 1.92 bits per heavy atom. The van der Waals surface area contributed by atoms with Crippen LogP contribution in [0.5, 0.6) is 11.5 Å². The lowest BCUT2D eigenvalue weighted by Gasteiger charge is -2.16. The lowest BCUT2D eigenvalue weighted by Crippen LogP contribution is -2.13. The van der Waals surface area contributed by atoms with Crippen LogP contribution >= 0.6 is 27.5 Å². The van der Waals surface area contributed by atoms with Gasteiger partial charge in [0.2, 0.25) is 0 Å². The van der Waals surface area contributed by atoms with Crippen LogP contribution in [0.3, 0.4) is 0 Å². The second kappa shape index (κ2) is 9.72. The second-order valence-corrected chi connectivity index (χ2v) is 6.46. The van der Waals surface area contributed by atoms with E-state index in [0.717, 1.165) is 34.4 Å². The van der Waals surface area contributed by atoms with Crippen LogP contribution in [0.1, 0.15) is 18.1 Å². The van der Waals surface area contributed by atoms with E-state index in [4.69, 9.17) is 21.1 Å². The van der Waals surface area contributed by atoms with E-state index in [0.29, 0.717) is 24.0 Å². The summed E-state index contributed by atoms with van der Waals surface area (Å²) in [7, 11) is 0. The van der Waals surface area contributed by atoms with Gasteiger partial charge in [-0.15, -0.1) is 6.58 Å². The molecule has 3 nitrogen and oxygen atoms in total. The summed E-state index contributed by atoms with van der Waals surface area (Å²) in [6, 6.07) is 11.6. The highest BCUT2D eigenvalue weighted by Crippen LogP contribution is 2.37. The quantitative estimate of drug-likeness (QED) is 0.446. The molecule has 0 saturated heterocycles. The first-order chi connectivity index (χ1) is 11.6. The number of benzene rings is 2. The zero-order valence-corrected chi connectivity index (χ0v) is 16.0. The Hall–Kier alpha value is -1.49. The maximum absolute atomic E-state index is 5.98. The first kappa shape index (κ1) is 18.8. The fraction of sp³-hybridized carbons (Fsp3) is 0.263. The van der Waals surface area contributed by atoms with Gasteiger partial charge >= 0.3 is 0 Å². The molecule has 0 unspecified atom stereocenters. The summed E-state index contributed by atoms with van der Waals surface area (Å²) in [6.45, 7) is 8.19. The van der Waals surface area contributed by atoms with Gasteiger partial charge in [-0.1, -0.05) is 29.8 Å². The molecule has 0 aliphatic carbocycles. The topological polar surface area (TPSA) is 30.5 Å². The Morgan fingerprint density at radius 3 is 2.58 bits per heavy atom. The van der Waals surface area contributed by atoms with Gasteiger partial charge in [-0.2, -0.15) is 0 Å². The van der Waals surface area contributed by atoms with Crippen molar-refractivity contribution in [3.8, 4) is 11.5 Å². The Bertz CT molecular complexity index is 674. The molecule has 2 aromatic carbocycles. The molecule has 0 aliphatic rings. The minimum Gasteiger partial charge on any atom is -0.490 e. The van der Waals surface area contributed by atoms with Crippen LogP contribution in [0, 0.1) is 0 Å². The second-order valence-electron chi connectivity index (χ2n) is 5.17. The van der Waals surface area contributed by atoms with E-state index >= 15 is 0 Å². The van der Waals surface area contributed by atoms with Crippen molar-refractivity contribution >= 4 is 27.5 Å². The van der Waals surface area contributed by atoms with E-state index in [1.54, 1.807) is 0 Å². The van der Waals surface area contributed by atoms with E-state index in [1.165, 1.54) is 0 Å². The largest absolute Gasteiger partial charge is 0.490 e. The van der Waals surface area contributed by atoms with Gasteiger partial charge in [0.15, 0.2) is 11.5 Å². The van der Waals surface area contributed by atoms with E-state index in [-0.39, 0.29) is 0 Å². The number of halogens is 2. The number of hydrogen-bond acceptors (Lipinski definition) is 3. The van der Waals surface area contributed by atoms with Gasteiger partial charge in [-0.3, -0.25) is 0 Å². The molecule has 2 aromatic rings. The molecule has 0 saturated carbocycles. The smallest absolute Gasteiger partial charge is 0.175 e. The third-order valence-electron chi connectivity index (χ3n) is 3.28. The predicted octanol–water partition coefficient (Wildman–Crippen LogP) is 5.36. The SMILES string of the molecule is C=CCNCc1cc(Br)c(OCc2ccc(Cl)cc2)c(OCC)c1. The Kier molecular flexibility index (Phi) is 7.63. The zero-order valence-electron chi connectivity index (χ0n) is 13.6. The Morgan fingerprint density at radius 1 is 1.17 bits per heavy atom. The van der Waals surface area contributed by atoms with E-state index < -0.39 is 0 Å². The third kappa shape index (κ3) is 5.55. The molecular formula is C19H21BrClNO2. The van der Waals surface area contributed by atoms with Crippen molar-refractivity contribution in [1.29, 1.82) is 0 Å². The summed E-state index contributed by atoms with van der Waals surface area (Å²) in [5.41, 5.74) is 2.16. The van der Waals surface area contributed by atoms with Gasteiger partial charge in [0.25, 0.3) is 0 Å². The van der Waals surface area contributed by atoms with Crippen molar-refractivity contribution in [3.05, 3.63) is 69.7 Å². The summed E-state index contributed by atoms with van der Waals surface area (Å²) < 4.78 is 12.6. The number of ether oxygens (including phenoxy) is 2. The van der Waals surface area contributed by atoms with Gasteiger partial charge in [-0.25, -0.2) is 0 Å². The first-order valence-corrected chi connectivity index (χ1v) is 8.95. The summed E-state index contributed by atoms with van der Waals surface area (Å²) >= 11 is 9.50. The van der Waals surface area contributed by atoms with E-state index in [1.807, 2.05) is 49.4 Å². The molecule has 0 aromatic heterocycles. The van der Waals surface area contributed by atoms with Crippen LogP contribution in [0.4, 0.5) is 0 Å². The first-order valence-electron chi connectivity index (χ1n) is 7.78. The fourth-order valence-corrected chi connectivity index (χ4v) is 2.91. The van der Waals surface area contributed by atoms with Gasteiger partial charge in [0.05, 0.1) is 11.1 Å². The molecule has 0 atom stereocenters. The lowest BCUT2D eigenvalue weighted by atomic mass is 10.2. The molecular weight excluding hydrogens is 390 g/mol. The standard InChI is InChI=1S/C19H21BrClNO2/c1-3-9-22-12-15-10-17(20)19(18(11-15)23-4-2)24-13-14-5-7-16(21)8-6-14/h3,5-8,10-11,22H,1,4,9,12-13H2,2H3. The van der Waals surface area contributed by atoms with Gasteiger partial charge in [0.1, 0.15) is 6.61 Å². The van der Waals surface area contributed by atoms with Crippen molar-refractivity contribution in [2.45, 2.75) is 20.1 Å². The van der Waals surface area contributed by atoms with Crippen LogP contribution < -0.4 is 14.8 Å². The highest BCUT2D eigenvalue weighted by molar-refractivity contribution is 9.10. The predicted molar refractivity (Wildman–Crippen MR) is 103 cm³/mol. The molecule has 0 spiro atoms. The Balaban J connectivity index is 2.14. The molecule has 0 radical (unpaired) electrons. The molecule has 2 rings (SSSR count).